The van der Waals surface area contributed by atoms with Crippen LogP contribution in [0.3, 0.4) is 0 Å². The fraction of sp³-hybridized carbons (Fsp3) is 0.250. The topological polar surface area (TPSA) is 9.23 Å². The Hall–Kier alpha value is -1.76. The highest BCUT2D eigenvalue weighted by atomic mass is 16.5. The lowest BCUT2D eigenvalue weighted by Crippen LogP contribution is -1.91. The van der Waals surface area contributed by atoms with Gasteiger partial charge < -0.3 is 4.74 Å². The minimum absolute atomic E-state index is 0.935. The zero-order valence-electron chi connectivity index (χ0n) is 10.9. The Morgan fingerprint density at radius 1 is 0.647 bits per heavy atom. The van der Waals surface area contributed by atoms with Crippen LogP contribution in [0.2, 0.25) is 0 Å². The molecule has 0 saturated carbocycles. The molecule has 0 aliphatic rings. The summed E-state index contributed by atoms with van der Waals surface area (Å²) in [4.78, 5) is 0. The maximum Gasteiger partial charge on any atom is 0.130 e. The molecule has 0 heterocycles. The van der Waals surface area contributed by atoms with Crippen molar-refractivity contribution >= 4 is 0 Å². The van der Waals surface area contributed by atoms with Gasteiger partial charge in [0.15, 0.2) is 0 Å². The molecule has 2 aromatic carbocycles. The second-order valence-electron chi connectivity index (χ2n) is 4.64. The number of benzene rings is 2. The number of rotatable bonds is 2. The van der Waals surface area contributed by atoms with E-state index in [1.54, 1.807) is 0 Å². The standard InChI is InChI=1S/C16H18O/c1-11-6-8-15(14(4)9-11)17-16-10-12(2)5-7-13(16)3/h5-10H,1-4H3. The van der Waals surface area contributed by atoms with Gasteiger partial charge in [-0.05, 0) is 56.5 Å². The van der Waals surface area contributed by atoms with Crippen molar-refractivity contribution < 1.29 is 4.74 Å². The van der Waals surface area contributed by atoms with Crippen LogP contribution < -0.4 is 4.74 Å². The van der Waals surface area contributed by atoms with E-state index in [-0.39, 0.29) is 0 Å². The van der Waals surface area contributed by atoms with Gasteiger partial charge in [-0.3, -0.25) is 0 Å². The zero-order chi connectivity index (χ0) is 12.4. The van der Waals surface area contributed by atoms with Crippen LogP contribution >= 0.6 is 0 Å². The van der Waals surface area contributed by atoms with Gasteiger partial charge >= 0.3 is 0 Å². The normalized spacial score (nSPS) is 10.4. The van der Waals surface area contributed by atoms with Gasteiger partial charge in [0.05, 0.1) is 0 Å². The van der Waals surface area contributed by atoms with Gasteiger partial charge in [0.2, 0.25) is 0 Å². The first-order valence-corrected chi connectivity index (χ1v) is 5.88. The van der Waals surface area contributed by atoms with Crippen LogP contribution in [0.25, 0.3) is 0 Å². The van der Waals surface area contributed by atoms with Crippen molar-refractivity contribution in [3.05, 3.63) is 58.7 Å². The SMILES string of the molecule is Cc1ccc(Oc2cc(C)ccc2C)c(C)c1. The van der Waals surface area contributed by atoms with Crippen molar-refractivity contribution in [1.29, 1.82) is 0 Å². The summed E-state index contributed by atoms with van der Waals surface area (Å²) in [5.74, 6) is 1.88. The van der Waals surface area contributed by atoms with Crippen molar-refractivity contribution in [1.82, 2.24) is 0 Å². The summed E-state index contributed by atoms with van der Waals surface area (Å²) in [6, 6.07) is 12.5. The summed E-state index contributed by atoms with van der Waals surface area (Å²) in [6.45, 7) is 8.31. The maximum atomic E-state index is 5.98. The summed E-state index contributed by atoms with van der Waals surface area (Å²) in [6.07, 6.45) is 0. The molecule has 1 heteroatoms. The highest BCUT2D eigenvalue weighted by molar-refractivity contribution is 5.43. The molecule has 0 fully saturated rings. The fourth-order valence-corrected chi connectivity index (χ4v) is 1.85. The van der Waals surface area contributed by atoms with E-state index in [1.807, 2.05) is 6.07 Å². The largest absolute Gasteiger partial charge is 0.457 e. The third-order valence-corrected chi connectivity index (χ3v) is 2.89. The summed E-state index contributed by atoms with van der Waals surface area (Å²) in [7, 11) is 0. The molecule has 2 aromatic rings. The third-order valence-electron chi connectivity index (χ3n) is 2.89. The monoisotopic (exact) mass is 226 g/mol. The van der Waals surface area contributed by atoms with E-state index in [2.05, 4.69) is 58.0 Å². The summed E-state index contributed by atoms with van der Waals surface area (Å²) in [5, 5.41) is 0. The van der Waals surface area contributed by atoms with Crippen LogP contribution in [0.15, 0.2) is 36.4 Å². The Bertz CT molecular complexity index is 541. The highest BCUT2D eigenvalue weighted by Crippen LogP contribution is 2.28. The van der Waals surface area contributed by atoms with Crippen molar-refractivity contribution in [3.8, 4) is 11.5 Å². The van der Waals surface area contributed by atoms with Gasteiger partial charge in [0, 0.05) is 0 Å². The molecule has 0 spiro atoms. The summed E-state index contributed by atoms with van der Waals surface area (Å²) >= 11 is 0. The molecule has 0 aliphatic heterocycles. The van der Waals surface area contributed by atoms with Gasteiger partial charge in [0.25, 0.3) is 0 Å². The average molecular weight is 226 g/mol. The van der Waals surface area contributed by atoms with E-state index < -0.39 is 0 Å². The van der Waals surface area contributed by atoms with Gasteiger partial charge in [-0.1, -0.05) is 29.8 Å². The van der Waals surface area contributed by atoms with E-state index in [0.29, 0.717) is 0 Å². The van der Waals surface area contributed by atoms with Crippen molar-refractivity contribution in [2.45, 2.75) is 27.7 Å². The van der Waals surface area contributed by atoms with E-state index in [0.717, 1.165) is 17.1 Å². The number of aryl methyl sites for hydroxylation is 4. The van der Waals surface area contributed by atoms with E-state index >= 15 is 0 Å². The van der Waals surface area contributed by atoms with Crippen molar-refractivity contribution in [3.63, 3.8) is 0 Å². The van der Waals surface area contributed by atoms with Gasteiger partial charge in [-0.15, -0.1) is 0 Å². The molecule has 17 heavy (non-hydrogen) atoms. The second kappa shape index (κ2) is 4.62. The Labute approximate surface area is 103 Å². The molecule has 0 bridgehead atoms. The number of hydrogen-bond acceptors (Lipinski definition) is 1. The lowest BCUT2D eigenvalue weighted by Gasteiger charge is -2.12. The summed E-state index contributed by atoms with van der Waals surface area (Å²) < 4.78 is 5.98. The smallest absolute Gasteiger partial charge is 0.130 e. The Balaban J connectivity index is 2.34. The maximum absolute atomic E-state index is 5.98. The first-order chi connectivity index (χ1) is 8.06. The van der Waals surface area contributed by atoms with Crippen molar-refractivity contribution in [2.24, 2.45) is 0 Å². The van der Waals surface area contributed by atoms with Crippen LogP contribution in [0.4, 0.5) is 0 Å². The first-order valence-electron chi connectivity index (χ1n) is 5.88. The van der Waals surface area contributed by atoms with Crippen LogP contribution in [-0.2, 0) is 0 Å². The molecule has 0 unspecified atom stereocenters. The summed E-state index contributed by atoms with van der Waals surface area (Å²) in [5.41, 5.74) is 4.81. The van der Waals surface area contributed by atoms with Gasteiger partial charge in [-0.2, -0.15) is 0 Å². The molecule has 1 nitrogen and oxygen atoms in total. The van der Waals surface area contributed by atoms with Gasteiger partial charge in [0.1, 0.15) is 11.5 Å². The Kier molecular flexibility index (Phi) is 3.19. The van der Waals surface area contributed by atoms with Crippen LogP contribution in [0.1, 0.15) is 22.3 Å². The quantitative estimate of drug-likeness (QED) is 0.720. The molecule has 2 rings (SSSR count). The second-order valence-corrected chi connectivity index (χ2v) is 4.64. The number of hydrogen-bond donors (Lipinski definition) is 0. The van der Waals surface area contributed by atoms with Crippen LogP contribution in [-0.4, -0.2) is 0 Å². The molecular weight excluding hydrogens is 208 g/mol. The van der Waals surface area contributed by atoms with Crippen LogP contribution in [0, 0.1) is 27.7 Å². The average Bonchev–Trinajstić information content (AvgIpc) is 2.27. The minimum atomic E-state index is 0.935. The van der Waals surface area contributed by atoms with E-state index in [1.165, 1.54) is 16.7 Å². The molecule has 0 saturated heterocycles. The molecular formula is C16H18O. The van der Waals surface area contributed by atoms with Crippen molar-refractivity contribution in [2.75, 3.05) is 0 Å². The molecule has 0 aromatic heterocycles. The Morgan fingerprint density at radius 2 is 1.29 bits per heavy atom. The molecule has 0 amide bonds. The molecule has 0 radical (unpaired) electrons. The number of ether oxygens (including phenoxy) is 1. The third kappa shape index (κ3) is 2.68. The van der Waals surface area contributed by atoms with E-state index in [4.69, 9.17) is 4.74 Å². The van der Waals surface area contributed by atoms with E-state index in [9.17, 15) is 0 Å². The lowest BCUT2D eigenvalue weighted by atomic mass is 10.1. The zero-order valence-corrected chi connectivity index (χ0v) is 10.9. The lowest BCUT2D eigenvalue weighted by molar-refractivity contribution is 0.474. The molecule has 0 N–H and O–H groups in total. The highest BCUT2D eigenvalue weighted by Gasteiger charge is 2.04. The fourth-order valence-electron chi connectivity index (χ4n) is 1.85. The molecule has 0 atom stereocenters. The Morgan fingerprint density at radius 3 is 2.00 bits per heavy atom. The van der Waals surface area contributed by atoms with Gasteiger partial charge in [-0.25, -0.2) is 0 Å². The molecule has 88 valence electrons. The molecule has 0 aliphatic carbocycles. The minimum Gasteiger partial charge on any atom is -0.457 e. The van der Waals surface area contributed by atoms with Crippen LogP contribution in [0.5, 0.6) is 11.5 Å². The first kappa shape index (κ1) is 11.7. The predicted octanol–water partition coefficient (Wildman–Crippen LogP) is 4.71. The predicted molar refractivity (Wildman–Crippen MR) is 71.9 cm³/mol.